The van der Waals surface area contributed by atoms with Crippen molar-refractivity contribution in [3.05, 3.63) is 47.5 Å². The molecule has 8 heteroatoms. The Morgan fingerprint density at radius 3 is 2.68 bits per heavy atom. The van der Waals surface area contributed by atoms with E-state index in [1.54, 1.807) is 11.1 Å². The molecule has 1 N–H and O–H groups in total. The lowest BCUT2D eigenvalue weighted by molar-refractivity contribution is 0.122. The number of anilines is 2. The predicted molar refractivity (Wildman–Crippen MR) is 89.7 cm³/mol. The largest absolute Gasteiger partial charge is 0.378 e. The number of amides is 2. The molecule has 0 atom stereocenters. The smallest absolute Gasteiger partial charge is 0.322 e. The average molecular weight is 343 g/mol. The van der Waals surface area contributed by atoms with Crippen molar-refractivity contribution < 1.29 is 13.9 Å². The van der Waals surface area contributed by atoms with E-state index in [4.69, 9.17) is 4.74 Å². The zero-order valence-electron chi connectivity index (χ0n) is 13.6. The van der Waals surface area contributed by atoms with E-state index in [1.807, 2.05) is 0 Å². The third kappa shape index (κ3) is 3.39. The van der Waals surface area contributed by atoms with E-state index in [0.717, 1.165) is 24.3 Å². The Hall–Kier alpha value is -2.74. The van der Waals surface area contributed by atoms with Crippen LogP contribution >= 0.6 is 0 Å². The molecule has 2 amide bonds. The highest BCUT2D eigenvalue weighted by atomic mass is 19.1. The Morgan fingerprint density at radius 2 is 1.92 bits per heavy atom. The fourth-order valence-corrected chi connectivity index (χ4v) is 2.94. The monoisotopic (exact) mass is 343 g/mol. The van der Waals surface area contributed by atoms with Crippen LogP contribution in [0.3, 0.4) is 0 Å². The molecule has 1 saturated heterocycles. The molecule has 2 aliphatic heterocycles. The average Bonchev–Trinajstić information content (AvgIpc) is 3.08. The van der Waals surface area contributed by atoms with Gasteiger partial charge in [0, 0.05) is 30.5 Å². The number of hydrogen-bond donors (Lipinski definition) is 1. The van der Waals surface area contributed by atoms with Gasteiger partial charge in [0.1, 0.15) is 5.82 Å². The van der Waals surface area contributed by atoms with Crippen LogP contribution in [0.1, 0.15) is 11.3 Å². The van der Waals surface area contributed by atoms with Crippen LogP contribution in [0.5, 0.6) is 0 Å². The van der Waals surface area contributed by atoms with Crippen molar-refractivity contribution in [3.63, 3.8) is 0 Å². The zero-order valence-corrected chi connectivity index (χ0v) is 13.6. The molecule has 0 unspecified atom stereocenters. The SMILES string of the molecule is O=C(Nc1ccc(F)cc1)N1Cc2cnc(N3CCOCC3)nc2C1. The lowest BCUT2D eigenvalue weighted by atomic mass is 10.3. The van der Waals surface area contributed by atoms with Crippen molar-refractivity contribution in [1.29, 1.82) is 0 Å². The zero-order chi connectivity index (χ0) is 17.2. The summed E-state index contributed by atoms with van der Waals surface area (Å²) in [5, 5.41) is 2.77. The van der Waals surface area contributed by atoms with Gasteiger partial charge in [0.2, 0.25) is 5.95 Å². The number of ether oxygens (including phenoxy) is 1. The van der Waals surface area contributed by atoms with Gasteiger partial charge in [0.15, 0.2) is 0 Å². The quantitative estimate of drug-likeness (QED) is 0.903. The normalized spacial score (nSPS) is 16.7. The molecule has 7 nitrogen and oxygen atoms in total. The summed E-state index contributed by atoms with van der Waals surface area (Å²) in [4.78, 5) is 25.2. The van der Waals surface area contributed by atoms with E-state index >= 15 is 0 Å². The molecule has 3 heterocycles. The van der Waals surface area contributed by atoms with Gasteiger partial charge in [0.05, 0.1) is 32.0 Å². The number of carbonyl (C=O) groups is 1. The molecule has 1 aromatic carbocycles. The van der Waals surface area contributed by atoms with Crippen molar-refractivity contribution in [2.45, 2.75) is 13.1 Å². The van der Waals surface area contributed by atoms with Gasteiger partial charge in [-0.2, -0.15) is 0 Å². The van der Waals surface area contributed by atoms with Crippen molar-refractivity contribution in [2.75, 3.05) is 36.5 Å². The number of rotatable bonds is 2. The Bertz CT molecular complexity index is 777. The highest BCUT2D eigenvalue weighted by molar-refractivity contribution is 5.89. The van der Waals surface area contributed by atoms with Crippen LogP contribution in [0.15, 0.2) is 30.5 Å². The summed E-state index contributed by atoms with van der Waals surface area (Å²) in [7, 11) is 0. The molecule has 2 aliphatic rings. The minimum atomic E-state index is -0.336. The second-order valence-electron chi connectivity index (χ2n) is 6.03. The summed E-state index contributed by atoms with van der Waals surface area (Å²) in [6, 6.07) is 5.46. The van der Waals surface area contributed by atoms with Gasteiger partial charge in [-0.1, -0.05) is 0 Å². The van der Waals surface area contributed by atoms with Gasteiger partial charge < -0.3 is 19.9 Å². The van der Waals surface area contributed by atoms with E-state index in [9.17, 15) is 9.18 Å². The predicted octanol–water partition coefficient (Wildman–Crippen LogP) is 2.00. The van der Waals surface area contributed by atoms with Gasteiger partial charge in [-0.3, -0.25) is 0 Å². The maximum Gasteiger partial charge on any atom is 0.322 e. The van der Waals surface area contributed by atoms with E-state index in [1.165, 1.54) is 24.3 Å². The number of nitrogens with one attached hydrogen (secondary N) is 1. The second kappa shape index (κ2) is 6.64. The van der Waals surface area contributed by atoms with Gasteiger partial charge >= 0.3 is 6.03 Å². The summed E-state index contributed by atoms with van der Waals surface area (Å²) < 4.78 is 18.3. The van der Waals surface area contributed by atoms with Crippen molar-refractivity contribution in [1.82, 2.24) is 14.9 Å². The topological polar surface area (TPSA) is 70.6 Å². The third-order valence-corrected chi connectivity index (χ3v) is 4.32. The molecular weight excluding hydrogens is 325 g/mol. The number of carbonyl (C=O) groups excluding carboxylic acids is 1. The lowest BCUT2D eigenvalue weighted by Crippen LogP contribution is -2.37. The van der Waals surface area contributed by atoms with Crippen LogP contribution in [0.2, 0.25) is 0 Å². The van der Waals surface area contributed by atoms with Crippen LogP contribution in [0.4, 0.5) is 20.8 Å². The summed E-state index contributed by atoms with van der Waals surface area (Å²) in [6.45, 7) is 3.79. The van der Waals surface area contributed by atoms with E-state index in [-0.39, 0.29) is 11.8 Å². The highest BCUT2D eigenvalue weighted by Gasteiger charge is 2.26. The van der Waals surface area contributed by atoms with Crippen molar-refractivity contribution in [3.8, 4) is 0 Å². The van der Waals surface area contributed by atoms with Gasteiger partial charge in [-0.15, -0.1) is 0 Å². The number of halogens is 1. The molecule has 0 saturated carbocycles. The number of fused-ring (bicyclic) bond motifs is 1. The van der Waals surface area contributed by atoms with Crippen LogP contribution in [-0.4, -0.2) is 47.2 Å². The molecule has 25 heavy (non-hydrogen) atoms. The molecule has 0 spiro atoms. The first-order valence-electron chi connectivity index (χ1n) is 8.18. The van der Waals surface area contributed by atoms with Crippen LogP contribution in [-0.2, 0) is 17.8 Å². The maximum atomic E-state index is 12.9. The minimum absolute atomic E-state index is 0.238. The maximum absolute atomic E-state index is 12.9. The molecule has 2 aromatic rings. The Morgan fingerprint density at radius 1 is 1.16 bits per heavy atom. The summed E-state index contributed by atoms with van der Waals surface area (Å²) in [5.41, 5.74) is 2.37. The summed E-state index contributed by atoms with van der Waals surface area (Å²) in [5.74, 6) is 0.348. The standard InChI is InChI=1S/C17H18FN5O2/c18-13-1-3-14(4-2-13)20-17(24)23-10-12-9-19-16(21-15(12)11-23)22-5-7-25-8-6-22/h1-4,9H,5-8,10-11H2,(H,20,24). The van der Waals surface area contributed by atoms with E-state index < -0.39 is 0 Å². The van der Waals surface area contributed by atoms with E-state index in [0.29, 0.717) is 37.9 Å². The van der Waals surface area contributed by atoms with Crippen molar-refractivity contribution in [2.24, 2.45) is 0 Å². The Balaban J connectivity index is 1.43. The highest BCUT2D eigenvalue weighted by Crippen LogP contribution is 2.23. The number of hydrogen-bond acceptors (Lipinski definition) is 5. The van der Waals surface area contributed by atoms with Gasteiger partial charge in [-0.05, 0) is 24.3 Å². The molecule has 1 fully saturated rings. The van der Waals surface area contributed by atoms with Crippen molar-refractivity contribution >= 4 is 17.7 Å². The number of aromatic nitrogens is 2. The van der Waals surface area contributed by atoms with Crippen LogP contribution in [0, 0.1) is 5.82 Å². The second-order valence-corrected chi connectivity index (χ2v) is 6.03. The Labute approximate surface area is 144 Å². The van der Waals surface area contributed by atoms with E-state index in [2.05, 4.69) is 20.2 Å². The van der Waals surface area contributed by atoms with Crippen LogP contribution in [0.25, 0.3) is 0 Å². The van der Waals surface area contributed by atoms with Gasteiger partial charge in [0.25, 0.3) is 0 Å². The van der Waals surface area contributed by atoms with Crippen LogP contribution < -0.4 is 10.2 Å². The summed E-state index contributed by atoms with van der Waals surface area (Å²) in [6.07, 6.45) is 1.79. The molecular formula is C17H18FN5O2. The fraction of sp³-hybridized carbons (Fsp3) is 0.353. The lowest BCUT2D eigenvalue weighted by Gasteiger charge is -2.26. The van der Waals surface area contributed by atoms with Gasteiger partial charge in [-0.25, -0.2) is 19.2 Å². The molecule has 1 aromatic heterocycles. The molecule has 0 radical (unpaired) electrons. The third-order valence-electron chi connectivity index (χ3n) is 4.32. The first-order chi connectivity index (χ1) is 12.2. The first-order valence-corrected chi connectivity index (χ1v) is 8.18. The first kappa shape index (κ1) is 15.8. The molecule has 0 aliphatic carbocycles. The molecule has 130 valence electrons. The Kier molecular flexibility index (Phi) is 4.19. The number of morpholine rings is 1. The number of benzene rings is 1. The number of urea groups is 1. The number of nitrogens with zero attached hydrogens (tertiary/aromatic N) is 4. The summed E-state index contributed by atoms with van der Waals surface area (Å²) >= 11 is 0. The molecule has 4 rings (SSSR count). The minimum Gasteiger partial charge on any atom is -0.378 e. The molecule has 0 bridgehead atoms. The fourth-order valence-electron chi connectivity index (χ4n) is 2.94.